The lowest BCUT2D eigenvalue weighted by Crippen LogP contribution is -2.38. The number of anilines is 2. The van der Waals surface area contributed by atoms with Crippen molar-refractivity contribution in [2.45, 2.75) is 39.0 Å². The number of rotatable bonds is 6. The van der Waals surface area contributed by atoms with Gasteiger partial charge in [-0.3, -0.25) is 14.4 Å². The molecular weight excluding hydrogens is 400 g/mol. The molecule has 2 fully saturated rings. The summed E-state index contributed by atoms with van der Waals surface area (Å²) in [5.41, 5.74) is 1.09. The Hall–Kier alpha value is -2.67. The van der Waals surface area contributed by atoms with E-state index in [4.69, 9.17) is 0 Å². The normalized spacial score (nSPS) is 24.8. The standard InChI is InChI=1S/C23H26N2O4S/c1-12(2)17-11-16(20(26)24-15-6-4-3-5-7-15)22(30-17)25-21(27)18-13-8-9-14(10-13)19(18)23(28)29/h3-7,11-14,18-19H,8-10H2,1-2H3,(H,24,26)(H,25,27)(H,28,29)/t13-,14-,18-,19-/m0/s1. The summed E-state index contributed by atoms with van der Waals surface area (Å²) in [7, 11) is 0. The van der Waals surface area contributed by atoms with E-state index in [0.29, 0.717) is 16.3 Å². The van der Waals surface area contributed by atoms with Crippen molar-refractivity contribution in [2.75, 3.05) is 10.6 Å². The maximum atomic E-state index is 13.1. The van der Waals surface area contributed by atoms with Gasteiger partial charge in [-0.1, -0.05) is 32.0 Å². The number of carbonyl (C=O) groups is 3. The minimum atomic E-state index is -0.890. The fraction of sp³-hybridized carbons (Fsp3) is 0.435. The zero-order chi connectivity index (χ0) is 21.4. The first-order valence-corrected chi connectivity index (χ1v) is 11.2. The van der Waals surface area contributed by atoms with E-state index in [-0.39, 0.29) is 29.6 Å². The van der Waals surface area contributed by atoms with Crippen molar-refractivity contribution < 1.29 is 19.5 Å². The molecule has 1 heterocycles. The number of benzene rings is 1. The molecule has 2 aliphatic carbocycles. The number of aliphatic carboxylic acids is 1. The molecule has 0 aliphatic heterocycles. The van der Waals surface area contributed by atoms with Gasteiger partial charge in [0.05, 0.1) is 17.4 Å². The van der Waals surface area contributed by atoms with E-state index in [9.17, 15) is 19.5 Å². The van der Waals surface area contributed by atoms with Crippen molar-refractivity contribution >= 4 is 39.8 Å². The molecule has 0 saturated heterocycles. The number of hydrogen-bond acceptors (Lipinski definition) is 4. The van der Waals surface area contributed by atoms with E-state index in [1.807, 2.05) is 38.1 Å². The van der Waals surface area contributed by atoms with Crippen molar-refractivity contribution in [3.05, 3.63) is 46.8 Å². The van der Waals surface area contributed by atoms with Crippen molar-refractivity contribution in [1.29, 1.82) is 0 Å². The number of para-hydroxylation sites is 1. The molecule has 6 nitrogen and oxygen atoms in total. The Morgan fingerprint density at radius 2 is 1.70 bits per heavy atom. The monoisotopic (exact) mass is 426 g/mol. The van der Waals surface area contributed by atoms with Gasteiger partial charge >= 0.3 is 5.97 Å². The molecule has 3 N–H and O–H groups in total. The number of carboxylic acids is 1. The third-order valence-electron chi connectivity index (χ3n) is 6.34. The van der Waals surface area contributed by atoms with Gasteiger partial charge in [-0.05, 0) is 55.2 Å². The lowest BCUT2D eigenvalue weighted by molar-refractivity contribution is -0.148. The lowest BCUT2D eigenvalue weighted by Gasteiger charge is -2.26. The number of thiophene rings is 1. The highest BCUT2D eigenvalue weighted by Crippen LogP contribution is 2.53. The van der Waals surface area contributed by atoms with E-state index in [1.54, 1.807) is 12.1 Å². The van der Waals surface area contributed by atoms with Crippen molar-refractivity contribution in [2.24, 2.45) is 23.7 Å². The summed E-state index contributed by atoms with van der Waals surface area (Å²) in [6.45, 7) is 4.07. The topological polar surface area (TPSA) is 95.5 Å². The number of carbonyl (C=O) groups excluding carboxylic acids is 2. The molecule has 1 aromatic heterocycles. The summed E-state index contributed by atoms with van der Waals surface area (Å²) < 4.78 is 0. The Labute approximate surface area is 179 Å². The summed E-state index contributed by atoms with van der Waals surface area (Å²) in [5.74, 6) is -2.22. The Balaban J connectivity index is 1.58. The Kier molecular flexibility index (Phi) is 5.64. The van der Waals surface area contributed by atoms with Crippen LogP contribution in [-0.2, 0) is 9.59 Å². The van der Waals surface area contributed by atoms with E-state index in [0.717, 1.165) is 24.1 Å². The second-order valence-corrected chi connectivity index (χ2v) is 9.66. The minimum absolute atomic E-state index is 0.0821. The smallest absolute Gasteiger partial charge is 0.307 e. The van der Waals surface area contributed by atoms with Crippen molar-refractivity contribution in [1.82, 2.24) is 0 Å². The highest BCUT2D eigenvalue weighted by atomic mass is 32.1. The van der Waals surface area contributed by atoms with Gasteiger partial charge in [0.1, 0.15) is 5.00 Å². The van der Waals surface area contributed by atoms with Crippen LogP contribution in [0.1, 0.15) is 54.3 Å². The second kappa shape index (κ2) is 8.22. The van der Waals surface area contributed by atoms with Crippen LogP contribution >= 0.6 is 11.3 Å². The van der Waals surface area contributed by atoms with Crippen molar-refractivity contribution in [3.8, 4) is 0 Å². The molecular formula is C23H26N2O4S. The molecule has 7 heteroatoms. The average molecular weight is 427 g/mol. The van der Waals surface area contributed by atoms with E-state index < -0.39 is 17.8 Å². The van der Waals surface area contributed by atoms with Gasteiger partial charge in [0, 0.05) is 10.6 Å². The minimum Gasteiger partial charge on any atom is -0.481 e. The number of nitrogens with one attached hydrogen (secondary N) is 2. The number of carboxylic acid groups (broad SMARTS) is 1. The number of hydrogen-bond donors (Lipinski definition) is 3. The molecule has 4 atom stereocenters. The number of amides is 2. The molecule has 1 aromatic carbocycles. The van der Waals surface area contributed by atoms with E-state index in [1.165, 1.54) is 11.3 Å². The predicted octanol–water partition coefficient (Wildman–Crippen LogP) is 4.81. The molecule has 2 aromatic rings. The van der Waals surface area contributed by atoms with Crippen LogP contribution in [0.5, 0.6) is 0 Å². The molecule has 0 unspecified atom stereocenters. The lowest BCUT2D eigenvalue weighted by atomic mass is 9.79. The summed E-state index contributed by atoms with van der Waals surface area (Å²) >= 11 is 1.38. The van der Waals surface area contributed by atoms with Gasteiger partial charge < -0.3 is 15.7 Å². The molecule has 2 bridgehead atoms. The Bertz CT molecular complexity index is 969. The molecule has 2 amide bonds. The van der Waals surface area contributed by atoms with Crippen molar-refractivity contribution in [3.63, 3.8) is 0 Å². The van der Waals surface area contributed by atoms with Crippen LogP contribution in [0, 0.1) is 23.7 Å². The maximum absolute atomic E-state index is 13.1. The molecule has 158 valence electrons. The number of fused-ring (bicyclic) bond motifs is 2. The SMILES string of the molecule is CC(C)c1cc(C(=O)Nc2ccccc2)c(NC(=O)[C@H]2[C@H]3CC[C@@H](C3)[C@@H]2C(=O)O)s1. The van der Waals surface area contributed by atoms with Gasteiger partial charge in [0.2, 0.25) is 5.91 Å². The molecule has 0 radical (unpaired) electrons. The fourth-order valence-electron chi connectivity index (χ4n) is 4.90. The van der Waals surface area contributed by atoms with Crippen LogP contribution in [-0.4, -0.2) is 22.9 Å². The summed E-state index contributed by atoms with van der Waals surface area (Å²) in [6, 6.07) is 11.0. The van der Waals surface area contributed by atoms with E-state index >= 15 is 0 Å². The quantitative estimate of drug-likeness (QED) is 0.618. The first-order chi connectivity index (χ1) is 14.3. The van der Waals surface area contributed by atoms with Gasteiger partial charge in [0.15, 0.2) is 0 Å². The largest absolute Gasteiger partial charge is 0.481 e. The molecule has 4 rings (SSSR count). The van der Waals surface area contributed by atoms with Crippen LogP contribution in [0.25, 0.3) is 0 Å². The predicted molar refractivity (Wildman–Crippen MR) is 117 cm³/mol. The summed E-state index contributed by atoms with van der Waals surface area (Å²) in [6.07, 6.45) is 2.58. The van der Waals surface area contributed by atoms with Crippen LogP contribution in [0.4, 0.5) is 10.7 Å². The first kappa shape index (κ1) is 20.6. The van der Waals surface area contributed by atoms with Gasteiger partial charge in [0.25, 0.3) is 5.91 Å². The summed E-state index contributed by atoms with van der Waals surface area (Å²) in [4.78, 5) is 38.8. The van der Waals surface area contributed by atoms with E-state index in [2.05, 4.69) is 10.6 Å². The zero-order valence-electron chi connectivity index (χ0n) is 17.1. The van der Waals surface area contributed by atoms with Gasteiger partial charge in [-0.15, -0.1) is 11.3 Å². The summed E-state index contributed by atoms with van der Waals surface area (Å²) in [5, 5.41) is 15.9. The molecule has 0 spiro atoms. The maximum Gasteiger partial charge on any atom is 0.307 e. The van der Waals surface area contributed by atoms with Gasteiger partial charge in [-0.2, -0.15) is 0 Å². The van der Waals surface area contributed by atoms with Crippen LogP contribution < -0.4 is 10.6 Å². The van der Waals surface area contributed by atoms with Crippen LogP contribution in [0.2, 0.25) is 0 Å². The Morgan fingerprint density at radius 1 is 1.03 bits per heavy atom. The van der Waals surface area contributed by atoms with Gasteiger partial charge in [-0.25, -0.2) is 0 Å². The molecule has 30 heavy (non-hydrogen) atoms. The average Bonchev–Trinajstić information content (AvgIpc) is 3.42. The third kappa shape index (κ3) is 3.86. The highest BCUT2D eigenvalue weighted by molar-refractivity contribution is 7.16. The third-order valence-corrected chi connectivity index (χ3v) is 7.69. The fourth-order valence-corrected chi connectivity index (χ4v) is 5.96. The van der Waals surface area contributed by atoms with Crippen LogP contribution in [0.15, 0.2) is 36.4 Å². The zero-order valence-corrected chi connectivity index (χ0v) is 17.9. The molecule has 2 aliphatic rings. The highest BCUT2D eigenvalue weighted by Gasteiger charge is 2.54. The second-order valence-electron chi connectivity index (χ2n) is 8.58. The Morgan fingerprint density at radius 3 is 2.33 bits per heavy atom. The first-order valence-electron chi connectivity index (χ1n) is 10.4. The van der Waals surface area contributed by atoms with Crippen LogP contribution in [0.3, 0.4) is 0 Å². The molecule has 2 saturated carbocycles.